The smallest absolute Gasteiger partial charge is 0.191 e. The van der Waals surface area contributed by atoms with Gasteiger partial charge in [-0.3, -0.25) is 4.68 Å². The fraction of sp³-hybridized carbons (Fsp3) is 0.789. The molecule has 24 heavy (non-hydrogen) atoms. The van der Waals surface area contributed by atoms with Gasteiger partial charge in [0.05, 0.1) is 12.2 Å². The van der Waals surface area contributed by atoms with Crippen LogP contribution in [0.1, 0.15) is 68.8 Å². The molecule has 136 valence electrons. The number of hydrogen-bond acceptors (Lipinski definition) is 2. The number of nitrogens with zero attached hydrogens (tertiary/aromatic N) is 3. The zero-order valence-electron chi connectivity index (χ0n) is 16.0. The van der Waals surface area contributed by atoms with Gasteiger partial charge >= 0.3 is 0 Å². The van der Waals surface area contributed by atoms with Gasteiger partial charge in [-0.15, -0.1) is 0 Å². The Kier molecular flexibility index (Phi) is 7.60. The average Bonchev–Trinajstić information content (AvgIpc) is 2.82. The van der Waals surface area contributed by atoms with E-state index in [0.29, 0.717) is 6.54 Å². The normalized spacial score (nSPS) is 16.4. The summed E-state index contributed by atoms with van der Waals surface area (Å²) in [5.74, 6) is 1.88. The Morgan fingerprint density at radius 2 is 1.96 bits per heavy atom. The molecule has 0 amide bonds. The third-order valence-electron chi connectivity index (χ3n) is 5.20. The van der Waals surface area contributed by atoms with E-state index in [2.05, 4.69) is 36.5 Å². The fourth-order valence-electron chi connectivity index (χ4n) is 3.62. The predicted molar refractivity (Wildman–Crippen MR) is 101 cm³/mol. The standard InChI is InChI=1S/C19H35N5/c1-5-20-19(21-13-9-12-17-10-7-6-8-11-17)22-14-18-15(2)23-24(4)16(18)3/h17H,5-14H2,1-4H3,(H2,20,21,22). The number of nitrogens with one attached hydrogen (secondary N) is 2. The van der Waals surface area contributed by atoms with Crippen LogP contribution in [0.25, 0.3) is 0 Å². The van der Waals surface area contributed by atoms with Crippen molar-refractivity contribution in [3.63, 3.8) is 0 Å². The molecule has 2 N–H and O–H groups in total. The molecule has 0 unspecified atom stereocenters. The first-order chi connectivity index (χ1) is 11.6. The van der Waals surface area contributed by atoms with E-state index in [1.165, 1.54) is 56.2 Å². The Balaban J connectivity index is 1.79. The van der Waals surface area contributed by atoms with Crippen LogP contribution in [0, 0.1) is 19.8 Å². The van der Waals surface area contributed by atoms with E-state index >= 15 is 0 Å². The maximum Gasteiger partial charge on any atom is 0.191 e. The van der Waals surface area contributed by atoms with Gasteiger partial charge in [-0.05, 0) is 39.5 Å². The highest BCUT2D eigenvalue weighted by Crippen LogP contribution is 2.26. The quantitative estimate of drug-likeness (QED) is 0.456. The summed E-state index contributed by atoms with van der Waals surface area (Å²) in [6.45, 7) is 8.85. The van der Waals surface area contributed by atoms with E-state index in [9.17, 15) is 0 Å². The molecule has 0 spiro atoms. The van der Waals surface area contributed by atoms with Crippen molar-refractivity contribution in [1.82, 2.24) is 20.4 Å². The molecule has 0 radical (unpaired) electrons. The van der Waals surface area contributed by atoms with E-state index in [1.807, 2.05) is 11.7 Å². The molecule has 2 rings (SSSR count). The highest BCUT2D eigenvalue weighted by molar-refractivity contribution is 5.79. The number of aliphatic imine (C=N–C) groups is 1. The van der Waals surface area contributed by atoms with Crippen LogP contribution in [0.15, 0.2) is 4.99 Å². The molecule has 1 saturated carbocycles. The van der Waals surface area contributed by atoms with E-state index < -0.39 is 0 Å². The van der Waals surface area contributed by atoms with Crippen LogP contribution < -0.4 is 10.6 Å². The van der Waals surface area contributed by atoms with Crippen molar-refractivity contribution in [2.45, 2.75) is 72.3 Å². The van der Waals surface area contributed by atoms with Crippen molar-refractivity contribution in [2.24, 2.45) is 18.0 Å². The van der Waals surface area contributed by atoms with Gasteiger partial charge < -0.3 is 10.6 Å². The number of rotatable bonds is 7. The van der Waals surface area contributed by atoms with Gasteiger partial charge in [0.25, 0.3) is 0 Å². The van der Waals surface area contributed by atoms with Crippen LogP contribution in [0.5, 0.6) is 0 Å². The molecule has 1 fully saturated rings. The second kappa shape index (κ2) is 9.70. The van der Waals surface area contributed by atoms with Gasteiger partial charge in [-0.25, -0.2) is 4.99 Å². The topological polar surface area (TPSA) is 54.2 Å². The highest BCUT2D eigenvalue weighted by atomic mass is 15.3. The molecule has 1 heterocycles. The lowest BCUT2D eigenvalue weighted by Crippen LogP contribution is -2.37. The maximum absolute atomic E-state index is 4.74. The lowest BCUT2D eigenvalue weighted by atomic mass is 9.86. The summed E-state index contributed by atoms with van der Waals surface area (Å²) in [6, 6.07) is 0. The second-order valence-corrected chi connectivity index (χ2v) is 7.04. The van der Waals surface area contributed by atoms with Crippen molar-refractivity contribution in [1.29, 1.82) is 0 Å². The molecule has 1 aromatic rings. The molecular weight excluding hydrogens is 298 g/mol. The summed E-state index contributed by atoms with van der Waals surface area (Å²) in [7, 11) is 1.99. The number of aromatic nitrogens is 2. The molecule has 1 aromatic heterocycles. The monoisotopic (exact) mass is 333 g/mol. The summed E-state index contributed by atoms with van der Waals surface area (Å²) < 4.78 is 1.94. The highest BCUT2D eigenvalue weighted by Gasteiger charge is 2.13. The van der Waals surface area contributed by atoms with Crippen LogP contribution in [0.3, 0.4) is 0 Å². The summed E-state index contributed by atoms with van der Waals surface area (Å²) >= 11 is 0. The van der Waals surface area contributed by atoms with E-state index in [1.54, 1.807) is 0 Å². The largest absolute Gasteiger partial charge is 0.357 e. The summed E-state index contributed by atoms with van der Waals surface area (Å²) in [4.78, 5) is 4.74. The van der Waals surface area contributed by atoms with Crippen molar-refractivity contribution in [3.8, 4) is 0 Å². The molecule has 0 saturated heterocycles. The number of hydrogen-bond donors (Lipinski definition) is 2. The first kappa shape index (κ1) is 18.8. The average molecular weight is 334 g/mol. The van der Waals surface area contributed by atoms with Crippen LogP contribution in [-0.2, 0) is 13.6 Å². The molecular formula is C19H35N5. The third-order valence-corrected chi connectivity index (χ3v) is 5.20. The van der Waals surface area contributed by atoms with Crippen LogP contribution in [0.2, 0.25) is 0 Å². The first-order valence-electron chi connectivity index (χ1n) is 9.63. The van der Waals surface area contributed by atoms with E-state index in [0.717, 1.165) is 30.7 Å². The molecule has 5 nitrogen and oxygen atoms in total. The van der Waals surface area contributed by atoms with Crippen molar-refractivity contribution < 1.29 is 0 Å². The lowest BCUT2D eigenvalue weighted by molar-refractivity contribution is 0.332. The minimum Gasteiger partial charge on any atom is -0.357 e. The van der Waals surface area contributed by atoms with Gasteiger partial charge in [0, 0.05) is 31.4 Å². The Labute approximate surface area is 147 Å². The predicted octanol–water partition coefficient (Wildman–Crippen LogP) is 3.45. The Morgan fingerprint density at radius 3 is 2.58 bits per heavy atom. The summed E-state index contributed by atoms with van der Waals surface area (Å²) in [5, 5.41) is 11.3. The number of aryl methyl sites for hydroxylation is 2. The molecule has 0 aliphatic heterocycles. The first-order valence-corrected chi connectivity index (χ1v) is 9.63. The maximum atomic E-state index is 4.74. The fourth-order valence-corrected chi connectivity index (χ4v) is 3.62. The Hall–Kier alpha value is -1.52. The van der Waals surface area contributed by atoms with Crippen molar-refractivity contribution in [3.05, 3.63) is 17.0 Å². The summed E-state index contributed by atoms with van der Waals surface area (Å²) in [6.07, 6.45) is 9.78. The van der Waals surface area contributed by atoms with Crippen molar-refractivity contribution in [2.75, 3.05) is 13.1 Å². The minimum atomic E-state index is 0.684. The Morgan fingerprint density at radius 1 is 1.21 bits per heavy atom. The van der Waals surface area contributed by atoms with Crippen LogP contribution in [0.4, 0.5) is 0 Å². The van der Waals surface area contributed by atoms with Gasteiger partial charge in [0.1, 0.15) is 0 Å². The molecule has 0 bridgehead atoms. The minimum absolute atomic E-state index is 0.684. The van der Waals surface area contributed by atoms with Gasteiger partial charge in [-0.2, -0.15) is 5.10 Å². The van der Waals surface area contributed by atoms with E-state index in [-0.39, 0.29) is 0 Å². The SMILES string of the molecule is CCNC(=NCc1c(C)nn(C)c1C)NCCCC1CCCCC1. The number of guanidine groups is 1. The van der Waals surface area contributed by atoms with Gasteiger partial charge in [0.15, 0.2) is 5.96 Å². The zero-order valence-corrected chi connectivity index (χ0v) is 16.0. The molecule has 1 aliphatic carbocycles. The van der Waals surface area contributed by atoms with E-state index in [4.69, 9.17) is 4.99 Å². The second-order valence-electron chi connectivity index (χ2n) is 7.04. The van der Waals surface area contributed by atoms with Gasteiger partial charge in [-0.1, -0.05) is 32.1 Å². The zero-order chi connectivity index (χ0) is 17.4. The third kappa shape index (κ3) is 5.53. The lowest BCUT2D eigenvalue weighted by Gasteiger charge is -2.21. The van der Waals surface area contributed by atoms with Gasteiger partial charge in [0.2, 0.25) is 0 Å². The molecule has 5 heteroatoms. The van der Waals surface area contributed by atoms with Crippen LogP contribution >= 0.6 is 0 Å². The van der Waals surface area contributed by atoms with Crippen molar-refractivity contribution >= 4 is 5.96 Å². The molecule has 0 atom stereocenters. The molecule has 0 aromatic carbocycles. The van der Waals surface area contributed by atoms with Crippen LogP contribution in [-0.4, -0.2) is 28.8 Å². The Bertz CT molecular complexity index is 526. The summed E-state index contributed by atoms with van der Waals surface area (Å²) in [5.41, 5.74) is 3.51. The molecule has 1 aliphatic rings.